The fourth-order valence-electron chi connectivity index (χ4n) is 0.861. The number of hydrogen-bond acceptors (Lipinski definition) is 8. The van der Waals surface area contributed by atoms with Crippen LogP contribution in [0, 0.1) is 5.41 Å². The van der Waals surface area contributed by atoms with E-state index < -0.39 is 18.2 Å². The third kappa shape index (κ3) is 51.6. The monoisotopic (exact) mass is 402 g/mol. The second kappa shape index (κ2) is 24.7. The molecular weight excluding hydrogens is 364 g/mol. The van der Waals surface area contributed by atoms with E-state index >= 15 is 0 Å². The lowest BCUT2D eigenvalue weighted by molar-refractivity contribution is -0.139. The SMILES string of the molecule is CC(C)(CO)CO.CCCC(O)O.O=C(O)CCCCC(=O)O.OCCO. The van der Waals surface area contributed by atoms with Crippen LogP contribution in [0.15, 0.2) is 0 Å². The Morgan fingerprint density at radius 2 is 1.15 bits per heavy atom. The highest BCUT2D eigenvalue weighted by molar-refractivity contribution is 5.67. The van der Waals surface area contributed by atoms with Gasteiger partial charge in [-0.2, -0.15) is 0 Å². The van der Waals surface area contributed by atoms with Crippen molar-refractivity contribution in [1.29, 1.82) is 0 Å². The van der Waals surface area contributed by atoms with Crippen LogP contribution >= 0.6 is 0 Å². The molecule has 8 N–H and O–H groups in total. The summed E-state index contributed by atoms with van der Waals surface area (Å²) in [5, 5.41) is 64.6. The predicted molar refractivity (Wildman–Crippen MR) is 99.0 cm³/mol. The molecule has 0 radical (unpaired) electrons. The molecule has 0 aromatic rings. The van der Waals surface area contributed by atoms with Gasteiger partial charge >= 0.3 is 11.9 Å². The maximum absolute atomic E-state index is 9.90. The van der Waals surface area contributed by atoms with Crippen molar-refractivity contribution in [2.75, 3.05) is 26.4 Å². The van der Waals surface area contributed by atoms with Crippen molar-refractivity contribution in [1.82, 2.24) is 0 Å². The van der Waals surface area contributed by atoms with Gasteiger partial charge in [0.1, 0.15) is 0 Å². The highest BCUT2D eigenvalue weighted by atomic mass is 16.5. The first kappa shape index (κ1) is 33.3. The van der Waals surface area contributed by atoms with Crippen molar-refractivity contribution in [3.8, 4) is 0 Å². The Balaban J connectivity index is -0.000000138. The molecule has 0 amide bonds. The Labute approximate surface area is 160 Å². The number of carboxylic acids is 2. The molecule has 0 saturated carbocycles. The Bertz CT molecular complexity index is 295. The van der Waals surface area contributed by atoms with Gasteiger partial charge in [-0.15, -0.1) is 0 Å². The van der Waals surface area contributed by atoms with Crippen molar-refractivity contribution in [2.24, 2.45) is 5.41 Å². The Kier molecular flexibility index (Phi) is 30.5. The highest BCUT2D eigenvalue weighted by Crippen LogP contribution is 2.10. The Morgan fingerprint density at radius 1 is 0.815 bits per heavy atom. The van der Waals surface area contributed by atoms with Gasteiger partial charge in [0.2, 0.25) is 0 Å². The van der Waals surface area contributed by atoms with Gasteiger partial charge in [0, 0.05) is 18.3 Å². The van der Waals surface area contributed by atoms with Gasteiger partial charge < -0.3 is 40.9 Å². The maximum atomic E-state index is 9.90. The molecule has 27 heavy (non-hydrogen) atoms. The zero-order valence-corrected chi connectivity index (χ0v) is 16.5. The molecule has 0 aromatic carbocycles. The van der Waals surface area contributed by atoms with Crippen LogP contribution in [0.1, 0.15) is 59.3 Å². The van der Waals surface area contributed by atoms with Crippen LogP contribution in [-0.4, -0.2) is 85.5 Å². The molecule has 0 aliphatic carbocycles. The molecule has 166 valence electrons. The van der Waals surface area contributed by atoms with E-state index in [0.29, 0.717) is 19.3 Å². The van der Waals surface area contributed by atoms with Crippen molar-refractivity contribution in [2.45, 2.75) is 65.6 Å². The predicted octanol–water partition coefficient (Wildman–Crippen LogP) is -0.219. The summed E-state index contributed by atoms with van der Waals surface area (Å²) in [6.45, 7) is 5.34. The summed E-state index contributed by atoms with van der Waals surface area (Å²) in [6.07, 6.45) is 1.23. The fraction of sp³-hybridized carbons (Fsp3) is 0.882. The van der Waals surface area contributed by atoms with Crippen LogP contribution in [0.4, 0.5) is 0 Å². The molecule has 0 aromatic heterocycles. The highest BCUT2D eigenvalue weighted by Gasteiger charge is 2.13. The first-order valence-corrected chi connectivity index (χ1v) is 8.67. The van der Waals surface area contributed by atoms with Gasteiger partial charge in [-0.3, -0.25) is 9.59 Å². The smallest absolute Gasteiger partial charge is 0.303 e. The van der Waals surface area contributed by atoms with Crippen LogP contribution in [0.5, 0.6) is 0 Å². The third-order valence-electron chi connectivity index (χ3n) is 2.53. The minimum Gasteiger partial charge on any atom is -0.481 e. The number of unbranched alkanes of at least 4 members (excludes halogenated alkanes) is 1. The van der Waals surface area contributed by atoms with Crippen molar-refractivity contribution in [3.63, 3.8) is 0 Å². The minimum atomic E-state index is -1.10. The second-order valence-corrected chi connectivity index (χ2v) is 6.19. The molecule has 0 spiro atoms. The van der Waals surface area contributed by atoms with Gasteiger partial charge in [0.05, 0.1) is 26.4 Å². The normalized spacial score (nSPS) is 9.85. The molecule has 0 bridgehead atoms. The largest absolute Gasteiger partial charge is 0.481 e. The molecular formula is C17H38O10. The van der Waals surface area contributed by atoms with E-state index in [-0.39, 0.29) is 44.7 Å². The lowest BCUT2D eigenvalue weighted by atomic mass is 9.97. The standard InChI is InChI=1S/C6H10O4.C5H12O2.C4H10O2.C2H6O2/c7-5(8)3-1-2-4-6(9)10;1-5(2,3-6)4-7;1-2-3-4(5)6;3-1-2-4/h1-4H2,(H,7,8)(H,9,10);6-7H,3-4H2,1-2H3;4-6H,2-3H2,1H3;3-4H,1-2H2. The van der Waals surface area contributed by atoms with E-state index in [2.05, 4.69) is 0 Å². The molecule has 0 aliphatic heterocycles. The summed E-state index contributed by atoms with van der Waals surface area (Å²) in [7, 11) is 0. The minimum absolute atomic E-state index is 0.0451. The third-order valence-corrected chi connectivity index (χ3v) is 2.53. The Hall–Kier alpha value is -1.30. The Morgan fingerprint density at radius 3 is 1.22 bits per heavy atom. The average molecular weight is 402 g/mol. The summed E-state index contributed by atoms with van der Waals surface area (Å²) in [4.78, 5) is 19.8. The van der Waals surface area contributed by atoms with E-state index in [1.165, 1.54) is 0 Å². The molecule has 0 heterocycles. The van der Waals surface area contributed by atoms with Crippen LogP contribution < -0.4 is 0 Å². The van der Waals surface area contributed by atoms with Gasteiger partial charge in [-0.1, -0.05) is 27.2 Å². The zero-order chi connectivity index (χ0) is 22.3. The van der Waals surface area contributed by atoms with E-state index in [1.54, 1.807) is 13.8 Å². The topological polar surface area (TPSA) is 196 Å². The molecule has 0 aliphatic rings. The number of aliphatic carboxylic acids is 2. The van der Waals surface area contributed by atoms with E-state index in [4.69, 9.17) is 40.9 Å². The van der Waals surface area contributed by atoms with E-state index in [9.17, 15) is 9.59 Å². The van der Waals surface area contributed by atoms with E-state index in [0.717, 1.165) is 6.42 Å². The lowest BCUT2D eigenvalue weighted by Crippen LogP contribution is -2.20. The molecule has 0 atom stereocenters. The molecule has 10 nitrogen and oxygen atoms in total. The molecule has 10 heteroatoms. The first-order chi connectivity index (χ1) is 12.4. The maximum Gasteiger partial charge on any atom is 0.303 e. The average Bonchev–Trinajstić information content (AvgIpc) is 2.59. The summed E-state index contributed by atoms with van der Waals surface area (Å²) < 4.78 is 0. The number of carboxylic acid groups (broad SMARTS) is 2. The second-order valence-electron chi connectivity index (χ2n) is 6.19. The molecule has 0 saturated heterocycles. The fourth-order valence-corrected chi connectivity index (χ4v) is 0.861. The lowest BCUT2D eigenvalue weighted by Gasteiger charge is -2.16. The van der Waals surface area contributed by atoms with Gasteiger partial charge in [0.25, 0.3) is 0 Å². The van der Waals surface area contributed by atoms with Gasteiger partial charge in [-0.25, -0.2) is 0 Å². The van der Waals surface area contributed by atoms with Crippen LogP contribution in [-0.2, 0) is 9.59 Å². The first-order valence-electron chi connectivity index (χ1n) is 8.67. The zero-order valence-electron chi connectivity index (χ0n) is 16.5. The number of hydrogen-bond donors (Lipinski definition) is 8. The van der Waals surface area contributed by atoms with Gasteiger partial charge in [-0.05, 0) is 19.3 Å². The van der Waals surface area contributed by atoms with Gasteiger partial charge in [0.15, 0.2) is 6.29 Å². The molecule has 0 unspecified atom stereocenters. The van der Waals surface area contributed by atoms with Crippen molar-refractivity contribution in [3.05, 3.63) is 0 Å². The number of aliphatic hydroxyl groups is 6. The number of rotatable bonds is 10. The summed E-state index contributed by atoms with van der Waals surface area (Å²) in [6, 6.07) is 0. The van der Waals surface area contributed by atoms with Crippen LogP contribution in [0.2, 0.25) is 0 Å². The molecule has 0 fully saturated rings. The summed E-state index contributed by atoms with van der Waals surface area (Å²) >= 11 is 0. The van der Waals surface area contributed by atoms with Crippen molar-refractivity contribution < 1.29 is 50.4 Å². The van der Waals surface area contributed by atoms with Crippen LogP contribution in [0.25, 0.3) is 0 Å². The number of carbonyl (C=O) groups is 2. The summed E-state index contributed by atoms with van der Waals surface area (Å²) in [5.74, 6) is -1.74. The van der Waals surface area contributed by atoms with Crippen molar-refractivity contribution >= 4 is 11.9 Å². The number of aliphatic hydroxyl groups excluding tert-OH is 5. The van der Waals surface area contributed by atoms with Crippen LogP contribution in [0.3, 0.4) is 0 Å². The summed E-state index contributed by atoms with van der Waals surface area (Å²) in [5.41, 5.74) is -0.306. The van der Waals surface area contributed by atoms with E-state index in [1.807, 2.05) is 6.92 Å². The molecule has 0 rings (SSSR count). The quantitative estimate of drug-likeness (QED) is 0.179.